The smallest absolute Gasteiger partial charge is 0.205 e. The first-order valence-electron chi connectivity index (χ1n) is 11.4. The van der Waals surface area contributed by atoms with Crippen LogP contribution in [0.2, 0.25) is 0 Å². The fraction of sp³-hybridized carbons (Fsp3) is 0.600. The third-order valence-electron chi connectivity index (χ3n) is 5.60. The molecule has 0 spiro atoms. The van der Waals surface area contributed by atoms with Crippen LogP contribution in [0.1, 0.15) is 51.7 Å². The lowest BCUT2D eigenvalue weighted by atomic mass is 9.96. The number of hydrogen-bond acceptors (Lipinski definition) is 7. The van der Waals surface area contributed by atoms with Crippen LogP contribution in [0, 0.1) is 0 Å². The van der Waals surface area contributed by atoms with Crippen molar-refractivity contribution in [2.24, 2.45) is 0 Å². The third kappa shape index (κ3) is 6.33. The lowest BCUT2D eigenvalue weighted by molar-refractivity contribution is -0.199. The number of allylic oxidation sites excluding steroid dienone is 1. The molecule has 3 N–H and O–H groups in total. The Morgan fingerprint density at radius 2 is 1.59 bits per heavy atom. The highest BCUT2D eigenvalue weighted by Gasteiger charge is 2.32. The first-order chi connectivity index (χ1) is 15.3. The number of fused-ring (bicyclic) bond motifs is 1. The molecule has 0 amide bonds. The van der Waals surface area contributed by atoms with Gasteiger partial charge in [-0.2, -0.15) is 0 Å². The largest absolute Gasteiger partial charge is 0.463 e. The molecular formula is C25H38N2O5. The molecule has 4 rings (SSSR count). The molecule has 1 aliphatic carbocycles. The zero-order valence-corrected chi connectivity index (χ0v) is 20.0. The summed E-state index contributed by atoms with van der Waals surface area (Å²) in [5, 5.41) is 14.1. The number of benzene rings is 1. The van der Waals surface area contributed by atoms with Crippen molar-refractivity contribution in [3.63, 3.8) is 0 Å². The molecular weight excluding hydrogens is 408 g/mol. The number of nitrogens with one attached hydrogen (secondary N) is 2. The Hall–Kier alpha value is -1.90. The average molecular weight is 447 g/mol. The monoisotopic (exact) mass is 446 g/mol. The van der Waals surface area contributed by atoms with Crippen LogP contribution < -0.4 is 15.4 Å². The summed E-state index contributed by atoms with van der Waals surface area (Å²) in [6.45, 7) is 12.4. The fourth-order valence-corrected chi connectivity index (χ4v) is 3.99. The average Bonchev–Trinajstić information content (AvgIpc) is 2.77. The maximum Gasteiger partial charge on any atom is 0.205 e. The van der Waals surface area contributed by atoms with Gasteiger partial charge in [0.1, 0.15) is 11.5 Å². The highest BCUT2D eigenvalue weighted by atomic mass is 16.7. The van der Waals surface area contributed by atoms with Gasteiger partial charge >= 0.3 is 0 Å². The normalized spacial score (nSPS) is 20.6. The van der Waals surface area contributed by atoms with E-state index in [2.05, 4.69) is 34.9 Å². The lowest BCUT2D eigenvalue weighted by Crippen LogP contribution is -2.37. The molecule has 178 valence electrons. The minimum atomic E-state index is -0.577. The molecule has 1 aromatic rings. The van der Waals surface area contributed by atoms with E-state index in [9.17, 15) is 0 Å². The summed E-state index contributed by atoms with van der Waals surface area (Å²) in [7, 11) is 1.00. The number of aliphatic hydroxyl groups excluding tert-OH is 1. The quantitative estimate of drug-likeness (QED) is 0.554. The molecule has 0 aromatic heterocycles. The summed E-state index contributed by atoms with van der Waals surface area (Å²) in [4.78, 5) is 0. The summed E-state index contributed by atoms with van der Waals surface area (Å²) in [5.41, 5.74) is 4.82. The Kier molecular flexibility index (Phi) is 8.36. The number of para-hydroxylation sites is 1. The van der Waals surface area contributed by atoms with Gasteiger partial charge in [-0.05, 0) is 18.4 Å². The van der Waals surface area contributed by atoms with Crippen LogP contribution in [-0.4, -0.2) is 50.0 Å². The van der Waals surface area contributed by atoms with Crippen LogP contribution in [0.25, 0.3) is 0 Å². The summed E-state index contributed by atoms with van der Waals surface area (Å²) in [5.74, 6) is 0.871. The molecule has 1 aromatic carbocycles. The number of ether oxygens (including phenoxy) is 4. The molecule has 0 atom stereocenters. The van der Waals surface area contributed by atoms with Crippen molar-refractivity contribution in [2.45, 2.75) is 65.3 Å². The Morgan fingerprint density at radius 3 is 2.38 bits per heavy atom. The fourth-order valence-electron chi connectivity index (χ4n) is 3.99. The topological polar surface area (TPSA) is 81.2 Å². The predicted molar refractivity (Wildman–Crippen MR) is 124 cm³/mol. The standard InChI is InChI=1S/C24H34N2O4.CH4O/c1-23(2)27-15-19-9-5-7-17(21(19)29-23)13-25-11-12-26-14-18-8-6-10-20-16-28-24(3,4)30-22(18)20;1-2/h5,7-9,25-26H,6,10-16H2,1-4H3;2H,1H3. The molecule has 0 fully saturated rings. The van der Waals surface area contributed by atoms with Crippen molar-refractivity contribution in [2.75, 3.05) is 33.4 Å². The molecule has 2 heterocycles. The van der Waals surface area contributed by atoms with Crippen molar-refractivity contribution in [1.29, 1.82) is 0 Å². The van der Waals surface area contributed by atoms with Gasteiger partial charge in [-0.15, -0.1) is 0 Å². The van der Waals surface area contributed by atoms with Crippen molar-refractivity contribution < 1.29 is 24.1 Å². The Balaban J connectivity index is 0.00000141. The molecule has 0 radical (unpaired) electrons. The number of rotatable bonds is 7. The van der Waals surface area contributed by atoms with E-state index >= 15 is 0 Å². The summed E-state index contributed by atoms with van der Waals surface area (Å²) in [6.07, 6.45) is 4.38. The maximum atomic E-state index is 7.00. The maximum absolute atomic E-state index is 7.00. The van der Waals surface area contributed by atoms with Gasteiger partial charge in [0.05, 0.1) is 13.2 Å². The summed E-state index contributed by atoms with van der Waals surface area (Å²) in [6, 6.07) is 6.25. The lowest BCUT2D eigenvalue weighted by Gasteiger charge is -2.36. The molecule has 0 saturated carbocycles. The highest BCUT2D eigenvalue weighted by molar-refractivity contribution is 5.42. The zero-order valence-electron chi connectivity index (χ0n) is 20.0. The second-order valence-corrected chi connectivity index (χ2v) is 9.04. The van der Waals surface area contributed by atoms with Gasteiger partial charge < -0.3 is 34.7 Å². The van der Waals surface area contributed by atoms with Gasteiger partial charge in [-0.1, -0.05) is 24.3 Å². The number of aliphatic hydroxyl groups is 1. The van der Waals surface area contributed by atoms with Gasteiger partial charge in [0, 0.05) is 77.7 Å². The van der Waals surface area contributed by atoms with Crippen LogP contribution in [-0.2, 0) is 27.4 Å². The Labute approximate surface area is 191 Å². The van der Waals surface area contributed by atoms with Crippen LogP contribution in [0.5, 0.6) is 5.75 Å². The molecule has 32 heavy (non-hydrogen) atoms. The van der Waals surface area contributed by atoms with Gasteiger partial charge in [-0.3, -0.25) is 0 Å². The molecule has 3 aliphatic rings. The minimum absolute atomic E-state index is 0.548. The molecule has 0 bridgehead atoms. The second-order valence-electron chi connectivity index (χ2n) is 9.04. The van der Waals surface area contributed by atoms with Gasteiger partial charge in [0.25, 0.3) is 0 Å². The molecule has 2 aliphatic heterocycles. The van der Waals surface area contributed by atoms with E-state index in [1.807, 2.05) is 27.7 Å². The van der Waals surface area contributed by atoms with Gasteiger partial charge in [-0.25, -0.2) is 0 Å². The van der Waals surface area contributed by atoms with Gasteiger partial charge in [0.15, 0.2) is 0 Å². The minimum Gasteiger partial charge on any atom is -0.463 e. The number of hydrogen-bond donors (Lipinski definition) is 3. The van der Waals surface area contributed by atoms with E-state index in [1.54, 1.807) is 0 Å². The van der Waals surface area contributed by atoms with Crippen molar-refractivity contribution in [3.8, 4) is 5.75 Å². The van der Waals surface area contributed by atoms with E-state index in [1.165, 1.54) is 16.7 Å². The third-order valence-corrected chi connectivity index (χ3v) is 5.60. The van der Waals surface area contributed by atoms with Gasteiger partial charge in [0.2, 0.25) is 11.6 Å². The predicted octanol–water partition coefficient (Wildman–Crippen LogP) is 3.38. The zero-order chi connectivity index (χ0) is 23.2. The molecule has 0 saturated heterocycles. The van der Waals surface area contributed by atoms with E-state index in [0.717, 1.165) is 63.2 Å². The van der Waals surface area contributed by atoms with E-state index in [-0.39, 0.29) is 0 Å². The molecule has 7 heteroatoms. The highest BCUT2D eigenvalue weighted by Crippen LogP contribution is 2.35. The summed E-state index contributed by atoms with van der Waals surface area (Å²) >= 11 is 0. The molecule has 7 nitrogen and oxygen atoms in total. The first-order valence-corrected chi connectivity index (χ1v) is 11.4. The van der Waals surface area contributed by atoms with Crippen LogP contribution in [0.3, 0.4) is 0 Å². The van der Waals surface area contributed by atoms with Crippen LogP contribution >= 0.6 is 0 Å². The van der Waals surface area contributed by atoms with Crippen molar-refractivity contribution in [3.05, 3.63) is 52.3 Å². The van der Waals surface area contributed by atoms with E-state index < -0.39 is 11.6 Å². The van der Waals surface area contributed by atoms with Crippen molar-refractivity contribution in [1.82, 2.24) is 10.6 Å². The Morgan fingerprint density at radius 1 is 0.906 bits per heavy atom. The molecule has 0 unspecified atom stereocenters. The van der Waals surface area contributed by atoms with Crippen LogP contribution in [0.15, 0.2) is 41.2 Å². The SMILES string of the molecule is CC1(C)OCC2=C(O1)C(CNCCNCc1cccc3c1OC(C)(C)OC3)=CCC2.CO. The Bertz CT molecular complexity index is 845. The van der Waals surface area contributed by atoms with E-state index in [4.69, 9.17) is 24.1 Å². The summed E-state index contributed by atoms with van der Waals surface area (Å²) < 4.78 is 23.7. The van der Waals surface area contributed by atoms with E-state index in [0.29, 0.717) is 13.2 Å². The second kappa shape index (κ2) is 10.8. The van der Waals surface area contributed by atoms with Crippen molar-refractivity contribution >= 4 is 0 Å². The first kappa shape index (κ1) is 24.7. The van der Waals surface area contributed by atoms with Crippen LogP contribution in [0.4, 0.5) is 0 Å².